The Balaban J connectivity index is 1.62. The van der Waals surface area contributed by atoms with E-state index in [1.165, 1.54) is 73.4 Å². The number of nitrogens with zero attached hydrogens (tertiary/aromatic N) is 2. The van der Waals surface area contributed by atoms with E-state index in [-0.39, 0.29) is 64.1 Å². The van der Waals surface area contributed by atoms with Crippen molar-refractivity contribution in [1.29, 1.82) is 0 Å². The minimum absolute atomic E-state index is 0.0920. The lowest BCUT2D eigenvalue weighted by molar-refractivity contribution is -0.148. The van der Waals surface area contributed by atoms with Crippen molar-refractivity contribution in [3.63, 3.8) is 0 Å². The number of primary amides is 2. The van der Waals surface area contributed by atoms with Gasteiger partial charge in [-0.3, -0.25) is 47.9 Å². The molecule has 1 aromatic carbocycles. The molecule has 2 heterocycles. The second-order valence-electron chi connectivity index (χ2n) is 20.1. The third-order valence-corrected chi connectivity index (χ3v) is 14.6. The van der Waals surface area contributed by atoms with Crippen LogP contribution in [-0.2, 0) is 54.4 Å². The van der Waals surface area contributed by atoms with Gasteiger partial charge in [-0.2, -0.15) is 11.8 Å². The highest BCUT2D eigenvalue weighted by Gasteiger charge is 2.44. The van der Waals surface area contributed by atoms with Gasteiger partial charge in [0.15, 0.2) is 0 Å². The Bertz CT molecular complexity index is 2030. The molecule has 0 radical (unpaired) electrons. The normalized spacial score (nSPS) is 17.1. The van der Waals surface area contributed by atoms with Crippen LogP contribution in [0.2, 0.25) is 0 Å². The molecule has 2 aliphatic rings. The number of amides is 10. The fraction of sp³-hybridized carbons (Fsp3) is 0.704. The first kappa shape index (κ1) is 64.5. The summed E-state index contributed by atoms with van der Waals surface area (Å²) in [6, 6.07) is 1.29. The zero-order chi connectivity index (χ0) is 55.8. The quantitative estimate of drug-likeness (QED) is 0.0430. The molecule has 0 aliphatic carbocycles. The number of thioether (sulfide) groups is 1. The highest BCUT2D eigenvalue weighted by molar-refractivity contribution is 7.98. The Kier molecular flexibility index (Phi) is 30.8. The van der Waals surface area contributed by atoms with Crippen LogP contribution in [0, 0.1) is 0 Å². The monoisotopic (exact) mass is 1080 g/mol. The van der Waals surface area contributed by atoms with E-state index < -0.39 is 95.5 Å². The molecule has 2 aliphatic heterocycles. The predicted octanol–water partition coefficient (Wildman–Crippen LogP) is 2.11. The maximum absolute atomic E-state index is 14.4. The van der Waals surface area contributed by atoms with Crippen LogP contribution in [0.25, 0.3) is 0 Å². The number of likely N-dealkylation sites (tertiary alicyclic amines) is 2. The SMILES string of the molecule is CCCCCCCCCCCCCC(=O)NCC(=O)N[C@@H](CCSC)C(=O)N[C@@H](C)C(=O)N[C@@H](CCCCN)C(=O)N[C@@H](CCC(N)=O)C(=O)N1CCC[C@H]1C(=O)N1CCC[C@H]1C(=O)N[C@@H](Cc1ccccc1)C(N)=O. The molecule has 0 aromatic heterocycles. The first-order valence-electron chi connectivity index (χ1n) is 27.7. The van der Waals surface area contributed by atoms with Crippen LogP contribution in [-0.4, -0.2) is 149 Å². The number of hydrogen-bond donors (Lipinski definition) is 9. The number of benzene rings is 1. The zero-order valence-corrected chi connectivity index (χ0v) is 46.2. The molecule has 0 saturated carbocycles. The summed E-state index contributed by atoms with van der Waals surface area (Å²) in [6.45, 7) is 3.98. The molecule has 2 saturated heterocycles. The molecule has 0 unspecified atom stereocenters. The van der Waals surface area contributed by atoms with Crippen LogP contribution < -0.4 is 49.1 Å². The minimum Gasteiger partial charge on any atom is -0.370 e. The number of rotatable bonds is 38. The number of carbonyl (C=O) groups excluding carboxylic acids is 10. The molecule has 1 aromatic rings. The van der Waals surface area contributed by atoms with Gasteiger partial charge in [-0.15, -0.1) is 0 Å². The maximum Gasteiger partial charge on any atom is 0.246 e. The number of unbranched alkanes of at least 4 members (excludes halogenated alkanes) is 11. The van der Waals surface area contributed by atoms with Crippen molar-refractivity contribution in [1.82, 2.24) is 41.7 Å². The lowest BCUT2D eigenvalue weighted by Gasteiger charge is -2.33. The first-order chi connectivity index (χ1) is 36.5. The van der Waals surface area contributed by atoms with Gasteiger partial charge in [0.2, 0.25) is 59.1 Å². The Labute approximate surface area is 454 Å². The molecule has 76 heavy (non-hydrogen) atoms. The maximum atomic E-state index is 14.4. The van der Waals surface area contributed by atoms with Gasteiger partial charge in [0.25, 0.3) is 0 Å². The number of nitrogens with two attached hydrogens (primary N) is 3. The minimum atomic E-state index is -1.35. The summed E-state index contributed by atoms with van der Waals surface area (Å²) < 4.78 is 0. The average Bonchev–Trinajstić information content (AvgIpc) is 4.11. The van der Waals surface area contributed by atoms with Crippen molar-refractivity contribution in [2.45, 2.75) is 204 Å². The van der Waals surface area contributed by atoms with Gasteiger partial charge in [-0.05, 0) is 95.2 Å². The van der Waals surface area contributed by atoms with Crippen molar-refractivity contribution < 1.29 is 47.9 Å². The van der Waals surface area contributed by atoms with E-state index in [1.54, 1.807) is 24.3 Å². The van der Waals surface area contributed by atoms with Gasteiger partial charge in [-0.1, -0.05) is 101 Å². The van der Waals surface area contributed by atoms with E-state index in [9.17, 15) is 47.9 Å². The lowest BCUT2D eigenvalue weighted by atomic mass is 10.0. The summed E-state index contributed by atoms with van der Waals surface area (Å²) in [5, 5.41) is 16.0. The van der Waals surface area contributed by atoms with E-state index in [1.807, 2.05) is 12.3 Å². The van der Waals surface area contributed by atoms with E-state index in [2.05, 4.69) is 38.8 Å². The molecule has 426 valence electrons. The molecule has 12 N–H and O–H groups in total. The van der Waals surface area contributed by atoms with Crippen molar-refractivity contribution in [3.8, 4) is 0 Å². The standard InChI is InChI=1S/C54H89N11O10S/c1-4-5-6-7-8-9-10-11-12-13-17-27-46(67)58-36-47(68)60-40(30-34-76-3)50(71)59-37(2)49(70)61-39(24-18-19-31-55)51(72)62-41(28-29-45(56)66)53(74)65-33-21-26-44(65)54(75)64-32-20-25-43(64)52(73)63-42(48(57)69)35-38-22-15-14-16-23-38/h14-16,22-23,37,39-44H,4-13,17-21,24-36,55H2,1-3H3,(H2,56,66)(H2,57,69)(H,58,67)(H,59,71)(H,60,68)(H,61,70)(H,62,72)(H,63,73)/t37-,39-,40-,41-,42-,43-,44-/m0/s1. The van der Waals surface area contributed by atoms with Gasteiger partial charge in [-0.25, -0.2) is 0 Å². The van der Waals surface area contributed by atoms with E-state index in [0.717, 1.165) is 31.2 Å². The zero-order valence-electron chi connectivity index (χ0n) is 45.3. The molecule has 0 bridgehead atoms. The molecular formula is C54H89N11O10S. The van der Waals surface area contributed by atoms with E-state index in [0.29, 0.717) is 50.8 Å². The van der Waals surface area contributed by atoms with Crippen LogP contribution in [0.1, 0.15) is 161 Å². The molecular weight excluding hydrogens is 995 g/mol. The number of nitrogens with one attached hydrogen (secondary N) is 6. The predicted molar refractivity (Wildman–Crippen MR) is 293 cm³/mol. The van der Waals surface area contributed by atoms with Crippen molar-refractivity contribution >= 4 is 70.8 Å². The van der Waals surface area contributed by atoms with Crippen LogP contribution in [0.3, 0.4) is 0 Å². The Hall–Kier alpha value is -5.77. The van der Waals surface area contributed by atoms with Gasteiger partial charge in [0.05, 0.1) is 6.54 Å². The number of hydrogen-bond acceptors (Lipinski definition) is 12. The molecule has 2 fully saturated rings. The van der Waals surface area contributed by atoms with Crippen LogP contribution in [0.5, 0.6) is 0 Å². The van der Waals surface area contributed by atoms with Crippen molar-refractivity contribution in [3.05, 3.63) is 35.9 Å². The fourth-order valence-electron chi connectivity index (χ4n) is 9.54. The Morgan fingerprint density at radius 2 is 1.21 bits per heavy atom. The van der Waals surface area contributed by atoms with Crippen molar-refractivity contribution in [2.24, 2.45) is 17.2 Å². The van der Waals surface area contributed by atoms with Gasteiger partial charge in [0.1, 0.15) is 42.3 Å². The highest BCUT2D eigenvalue weighted by Crippen LogP contribution is 2.26. The lowest BCUT2D eigenvalue weighted by Crippen LogP contribution is -2.59. The Morgan fingerprint density at radius 3 is 1.83 bits per heavy atom. The summed E-state index contributed by atoms with van der Waals surface area (Å²) in [7, 11) is 0. The van der Waals surface area contributed by atoms with Crippen LogP contribution >= 0.6 is 11.8 Å². The summed E-state index contributed by atoms with van der Waals surface area (Å²) >= 11 is 1.46. The van der Waals surface area contributed by atoms with Gasteiger partial charge >= 0.3 is 0 Å². The third kappa shape index (κ3) is 23.6. The molecule has 21 nitrogen and oxygen atoms in total. The largest absolute Gasteiger partial charge is 0.370 e. The van der Waals surface area contributed by atoms with Crippen molar-refractivity contribution in [2.75, 3.05) is 38.2 Å². The van der Waals surface area contributed by atoms with E-state index in [4.69, 9.17) is 17.2 Å². The summed E-state index contributed by atoms with van der Waals surface area (Å²) in [4.78, 5) is 136. The fourth-order valence-corrected chi connectivity index (χ4v) is 10.0. The smallest absolute Gasteiger partial charge is 0.246 e. The van der Waals surface area contributed by atoms with E-state index >= 15 is 0 Å². The Morgan fingerprint density at radius 1 is 0.618 bits per heavy atom. The summed E-state index contributed by atoms with van der Waals surface area (Å²) in [5.74, 6) is -5.61. The average molecular weight is 1080 g/mol. The molecule has 10 amide bonds. The third-order valence-electron chi connectivity index (χ3n) is 13.9. The van der Waals surface area contributed by atoms with Crippen LogP contribution in [0.15, 0.2) is 30.3 Å². The highest BCUT2D eigenvalue weighted by atomic mass is 32.2. The molecule has 7 atom stereocenters. The van der Waals surface area contributed by atoms with Gasteiger partial charge in [0, 0.05) is 32.4 Å². The molecule has 3 rings (SSSR count). The number of carbonyl (C=O) groups is 10. The van der Waals surface area contributed by atoms with Crippen LogP contribution in [0.4, 0.5) is 0 Å². The summed E-state index contributed by atoms with van der Waals surface area (Å²) in [6.07, 6.45) is 17.2. The second-order valence-corrected chi connectivity index (χ2v) is 21.1. The molecule has 0 spiro atoms. The molecule has 22 heteroatoms. The topological polar surface area (TPSA) is 327 Å². The second kappa shape index (κ2) is 36.3. The summed E-state index contributed by atoms with van der Waals surface area (Å²) in [5.41, 5.74) is 17.7. The first-order valence-corrected chi connectivity index (χ1v) is 29.1. The van der Waals surface area contributed by atoms with Gasteiger partial charge < -0.3 is 58.9 Å².